The molecule has 0 aromatic heterocycles. The molecule has 0 aliphatic carbocycles. The Morgan fingerprint density at radius 1 is 1.08 bits per heavy atom. The Morgan fingerprint density at radius 3 is 2.35 bits per heavy atom. The smallest absolute Gasteiger partial charge is 0.257 e. The molecule has 2 aromatic rings. The second kappa shape index (κ2) is 10.3. The molecule has 0 bridgehead atoms. The second-order valence-electron chi connectivity index (χ2n) is 5.07. The Bertz CT molecular complexity index is 749. The zero-order valence-corrected chi connectivity index (χ0v) is 16.4. The van der Waals surface area contributed by atoms with Gasteiger partial charge in [0.1, 0.15) is 12.4 Å². The molecule has 0 spiro atoms. The Morgan fingerprint density at radius 2 is 1.73 bits per heavy atom. The first-order valence-electron chi connectivity index (χ1n) is 7.88. The topological polar surface area (TPSA) is 59.6 Å². The Labute approximate surface area is 167 Å². The molecular weight excluding hydrogens is 395 g/mol. The molecule has 0 fully saturated rings. The van der Waals surface area contributed by atoms with Crippen LogP contribution in [0.2, 0.25) is 10.0 Å². The fourth-order valence-corrected chi connectivity index (χ4v) is 2.69. The van der Waals surface area contributed by atoms with Gasteiger partial charge < -0.3 is 14.8 Å². The van der Waals surface area contributed by atoms with Crippen molar-refractivity contribution in [2.75, 3.05) is 25.1 Å². The molecule has 8 heteroatoms. The minimum absolute atomic E-state index is 0.0991. The molecular formula is C18H18Cl2N2O3S. The number of hydrogen-bond donors (Lipinski definition) is 2. The molecule has 0 unspecified atom stereocenters. The van der Waals surface area contributed by atoms with Crippen LogP contribution in [0.1, 0.15) is 17.3 Å². The number of benzene rings is 2. The van der Waals surface area contributed by atoms with Crippen LogP contribution in [0, 0.1) is 0 Å². The highest BCUT2D eigenvalue weighted by Gasteiger charge is 2.11. The van der Waals surface area contributed by atoms with E-state index in [1.807, 2.05) is 6.92 Å². The van der Waals surface area contributed by atoms with Gasteiger partial charge in [0.25, 0.3) is 5.91 Å². The number of hydrogen-bond acceptors (Lipinski definition) is 4. The highest BCUT2D eigenvalue weighted by atomic mass is 35.5. The Balaban J connectivity index is 1.89. The van der Waals surface area contributed by atoms with Crippen LogP contribution in [0.25, 0.3) is 0 Å². The van der Waals surface area contributed by atoms with E-state index in [4.69, 9.17) is 44.9 Å². The second-order valence-corrected chi connectivity index (χ2v) is 6.30. The maximum absolute atomic E-state index is 12.3. The summed E-state index contributed by atoms with van der Waals surface area (Å²) in [5, 5.41) is 6.32. The summed E-state index contributed by atoms with van der Waals surface area (Å²) in [6.07, 6.45) is 0. The zero-order valence-electron chi connectivity index (χ0n) is 14.1. The van der Waals surface area contributed by atoms with Crippen LogP contribution in [0.15, 0.2) is 42.5 Å². The fourth-order valence-electron chi connectivity index (χ4n) is 2.00. The van der Waals surface area contributed by atoms with E-state index in [9.17, 15) is 4.79 Å². The Hall–Kier alpha value is -1.86. The maximum atomic E-state index is 12.3. The van der Waals surface area contributed by atoms with Crippen molar-refractivity contribution in [3.05, 3.63) is 58.1 Å². The van der Waals surface area contributed by atoms with Gasteiger partial charge in [0.15, 0.2) is 5.11 Å². The Kier molecular flexibility index (Phi) is 8.12. The number of carbonyl (C=O) groups excluding carboxylic acids is 1. The summed E-state index contributed by atoms with van der Waals surface area (Å²) in [6.45, 7) is 3.54. The summed E-state index contributed by atoms with van der Waals surface area (Å²) in [6, 6.07) is 11.8. The number of amides is 1. The van der Waals surface area contributed by atoms with Gasteiger partial charge in [-0.25, -0.2) is 0 Å². The number of nitrogens with one attached hydrogen (secondary N) is 2. The highest BCUT2D eigenvalue weighted by molar-refractivity contribution is 7.80. The van der Waals surface area contributed by atoms with Gasteiger partial charge in [-0.2, -0.15) is 0 Å². The van der Waals surface area contributed by atoms with Crippen molar-refractivity contribution < 1.29 is 14.3 Å². The van der Waals surface area contributed by atoms with Gasteiger partial charge in [-0.1, -0.05) is 29.3 Å². The van der Waals surface area contributed by atoms with E-state index in [0.29, 0.717) is 46.9 Å². The molecule has 138 valence electrons. The first-order valence-corrected chi connectivity index (χ1v) is 9.04. The van der Waals surface area contributed by atoms with Gasteiger partial charge >= 0.3 is 0 Å². The third-order valence-corrected chi connectivity index (χ3v) is 4.08. The van der Waals surface area contributed by atoms with E-state index in [-0.39, 0.29) is 11.0 Å². The van der Waals surface area contributed by atoms with Crippen LogP contribution in [-0.2, 0) is 4.74 Å². The van der Waals surface area contributed by atoms with Crippen molar-refractivity contribution in [1.29, 1.82) is 0 Å². The standard InChI is InChI=1S/C18H18Cl2N2O3S/c1-2-24-10-11-25-13-8-6-12(7-9-13)17(23)22-18(26)21-16-14(19)4-3-5-15(16)20/h3-9H,2,10-11H2,1H3,(H2,21,22,23,26). The summed E-state index contributed by atoms with van der Waals surface area (Å²) >= 11 is 17.3. The molecule has 26 heavy (non-hydrogen) atoms. The van der Waals surface area contributed by atoms with Gasteiger partial charge in [-0.3, -0.25) is 10.1 Å². The lowest BCUT2D eigenvalue weighted by molar-refractivity contribution is 0.0977. The van der Waals surface area contributed by atoms with E-state index < -0.39 is 0 Å². The summed E-state index contributed by atoms with van der Waals surface area (Å²) in [4.78, 5) is 12.3. The lowest BCUT2D eigenvalue weighted by Gasteiger charge is -2.12. The third kappa shape index (κ3) is 6.14. The third-order valence-electron chi connectivity index (χ3n) is 3.25. The molecule has 0 atom stereocenters. The molecule has 2 N–H and O–H groups in total. The van der Waals surface area contributed by atoms with Gasteiger partial charge in [0.05, 0.1) is 22.3 Å². The van der Waals surface area contributed by atoms with Crippen molar-refractivity contribution in [3.8, 4) is 5.75 Å². The molecule has 0 radical (unpaired) electrons. The molecule has 0 saturated heterocycles. The average Bonchev–Trinajstić information content (AvgIpc) is 2.62. The van der Waals surface area contributed by atoms with Gasteiger partial charge in [0.2, 0.25) is 0 Å². The normalized spacial score (nSPS) is 10.3. The van der Waals surface area contributed by atoms with Crippen molar-refractivity contribution >= 4 is 52.1 Å². The van der Waals surface area contributed by atoms with Crippen LogP contribution in [0.5, 0.6) is 5.75 Å². The van der Waals surface area contributed by atoms with E-state index in [2.05, 4.69) is 10.6 Å². The summed E-state index contributed by atoms with van der Waals surface area (Å²) < 4.78 is 10.7. The number of carbonyl (C=O) groups is 1. The van der Waals surface area contributed by atoms with Crippen LogP contribution in [-0.4, -0.2) is 30.8 Å². The highest BCUT2D eigenvalue weighted by Crippen LogP contribution is 2.29. The van der Waals surface area contributed by atoms with Gasteiger partial charge in [-0.05, 0) is 55.5 Å². The number of rotatable bonds is 7. The molecule has 0 aliphatic heterocycles. The van der Waals surface area contributed by atoms with Crippen molar-refractivity contribution in [1.82, 2.24) is 5.32 Å². The predicted molar refractivity (Wildman–Crippen MR) is 109 cm³/mol. The average molecular weight is 413 g/mol. The van der Waals surface area contributed by atoms with Crippen LogP contribution in [0.3, 0.4) is 0 Å². The van der Waals surface area contributed by atoms with E-state index >= 15 is 0 Å². The van der Waals surface area contributed by atoms with Crippen molar-refractivity contribution in [2.45, 2.75) is 6.92 Å². The largest absolute Gasteiger partial charge is 0.491 e. The SMILES string of the molecule is CCOCCOc1ccc(C(=O)NC(=S)Nc2c(Cl)cccc2Cl)cc1. The van der Waals surface area contributed by atoms with E-state index in [1.54, 1.807) is 42.5 Å². The monoisotopic (exact) mass is 412 g/mol. The fraction of sp³-hybridized carbons (Fsp3) is 0.222. The first kappa shape index (κ1) is 20.5. The molecule has 1 amide bonds. The molecule has 2 rings (SSSR count). The molecule has 2 aromatic carbocycles. The number of thiocarbonyl (C=S) groups is 1. The number of halogens is 2. The lowest BCUT2D eigenvalue weighted by Crippen LogP contribution is -2.34. The lowest BCUT2D eigenvalue weighted by atomic mass is 10.2. The zero-order chi connectivity index (χ0) is 18.9. The summed E-state index contributed by atoms with van der Waals surface area (Å²) in [5.41, 5.74) is 0.885. The van der Waals surface area contributed by atoms with Crippen LogP contribution < -0.4 is 15.4 Å². The van der Waals surface area contributed by atoms with Crippen molar-refractivity contribution in [3.63, 3.8) is 0 Å². The van der Waals surface area contributed by atoms with Crippen LogP contribution in [0.4, 0.5) is 5.69 Å². The molecule has 5 nitrogen and oxygen atoms in total. The quantitative estimate of drug-likeness (QED) is 0.516. The summed E-state index contributed by atoms with van der Waals surface area (Å²) in [7, 11) is 0. The number of para-hydroxylation sites is 1. The van der Waals surface area contributed by atoms with E-state index in [1.165, 1.54) is 0 Å². The minimum atomic E-state index is -0.355. The minimum Gasteiger partial charge on any atom is -0.491 e. The van der Waals surface area contributed by atoms with Gasteiger partial charge in [-0.15, -0.1) is 0 Å². The molecule has 0 aliphatic rings. The van der Waals surface area contributed by atoms with E-state index in [0.717, 1.165) is 0 Å². The molecule has 0 saturated carbocycles. The predicted octanol–water partition coefficient (Wildman–Crippen LogP) is 4.54. The van der Waals surface area contributed by atoms with Crippen LogP contribution >= 0.6 is 35.4 Å². The summed E-state index contributed by atoms with van der Waals surface area (Å²) in [5.74, 6) is 0.302. The first-order chi connectivity index (χ1) is 12.5. The number of ether oxygens (including phenoxy) is 2. The maximum Gasteiger partial charge on any atom is 0.257 e. The molecule has 0 heterocycles. The van der Waals surface area contributed by atoms with Gasteiger partial charge in [0, 0.05) is 12.2 Å². The van der Waals surface area contributed by atoms with Crippen molar-refractivity contribution in [2.24, 2.45) is 0 Å². The number of anilines is 1.